The van der Waals surface area contributed by atoms with Crippen LogP contribution in [-0.2, 0) is 0 Å². The molecule has 5 nitrogen and oxygen atoms in total. The van der Waals surface area contributed by atoms with Crippen LogP contribution in [0.1, 0.15) is 0 Å². The number of likely N-dealkylation sites (N-methyl/N-ethyl adjacent to an activating group) is 1. The number of rotatable bonds is 6. The van der Waals surface area contributed by atoms with E-state index in [0.717, 1.165) is 5.57 Å². The number of halogens is 1. The highest BCUT2D eigenvalue weighted by Crippen LogP contribution is 2.28. The summed E-state index contributed by atoms with van der Waals surface area (Å²) >= 11 is 5.74. The van der Waals surface area contributed by atoms with Gasteiger partial charge in [0, 0.05) is 18.7 Å². The second-order valence-electron chi connectivity index (χ2n) is 3.44. The van der Waals surface area contributed by atoms with E-state index in [4.69, 9.17) is 16.3 Å². The summed E-state index contributed by atoms with van der Waals surface area (Å²) < 4.78 is 5.39. The molecule has 0 aromatic heterocycles. The van der Waals surface area contributed by atoms with Crippen LogP contribution in [0.5, 0.6) is 5.75 Å². The fourth-order valence-electron chi connectivity index (χ4n) is 1.21. The van der Waals surface area contributed by atoms with Crippen molar-refractivity contribution >= 4 is 17.3 Å². The lowest BCUT2D eigenvalue weighted by molar-refractivity contribution is -0.384. The van der Waals surface area contributed by atoms with Gasteiger partial charge in [0.2, 0.25) is 0 Å². The first-order valence-corrected chi connectivity index (χ1v) is 5.30. The van der Waals surface area contributed by atoms with Gasteiger partial charge in [-0.1, -0.05) is 18.2 Å². The van der Waals surface area contributed by atoms with Gasteiger partial charge in [0.05, 0.1) is 4.92 Å². The van der Waals surface area contributed by atoms with Crippen LogP contribution in [0.25, 0.3) is 0 Å². The first-order chi connectivity index (χ1) is 8.04. The van der Waals surface area contributed by atoms with Gasteiger partial charge < -0.3 is 10.1 Å². The van der Waals surface area contributed by atoms with Gasteiger partial charge in [-0.25, -0.2) is 0 Å². The second-order valence-corrected chi connectivity index (χ2v) is 3.85. The Morgan fingerprint density at radius 1 is 1.65 bits per heavy atom. The van der Waals surface area contributed by atoms with Gasteiger partial charge in [0.25, 0.3) is 5.69 Å². The van der Waals surface area contributed by atoms with Crippen molar-refractivity contribution in [2.24, 2.45) is 0 Å². The van der Waals surface area contributed by atoms with E-state index in [0.29, 0.717) is 18.9 Å². The quantitative estimate of drug-likeness (QED) is 0.482. The Labute approximate surface area is 104 Å². The fourth-order valence-corrected chi connectivity index (χ4v) is 1.45. The lowest BCUT2D eigenvalue weighted by atomic mass is 10.3. The average Bonchev–Trinajstić information content (AvgIpc) is 2.26. The first-order valence-electron chi connectivity index (χ1n) is 4.92. The largest absolute Gasteiger partial charge is 0.489 e. The van der Waals surface area contributed by atoms with Crippen molar-refractivity contribution in [1.82, 2.24) is 5.32 Å². The Kier molecular flexibility index (Phi) is 4.93. The number of hydrogen-bond acceptors (Lipinski definition) is 4. The predicted octanol–water partition coefficient (Wildman–Crippen LogP) is 2.40. The van der Waals surface area contributed by atoms with Crippen molar-refractivity contribution in [3.05, 3.63) is 45.5 Å². The van der Waals surface area contributed by atoms with Crippen LogP contribution in [0, 0.1) is 10.1 Å². The van der Waals surface area contributed by atoms with E-state index in [2.05, 4.69) is 11.9 Å². The van der Waals surface area contributed by atoms with Gasteiger partial charge in [0.15, 0.2) is 0 Å². The fraction of sp³-hybridized carbons (Fsp3) is 0.273. The Hall–Kier alpha value is -1.59. The monoisotopic (exact) mass is 256 g/mol. The van der Waals surface area contributed by atoms with Crippen LogP contribution in [-0.4, -0.2) is 25.1 Å². The minimum absolute atomic E-state index is 0.0618. The van der Waals surface area contributed by atoms with E-state index in [9.17, 15) is 10.1 Å². The van der Waals surface area contributed by atoms with Gasteiger partial charge >= 0.3 is 0 Å². The van der Waals surface area contributed by atoms with E-state index in [-0.39, 0.29) is 10.7 Å². The van der Waals surface area contributed by atoms with Gasteiger partial charge in [-0.15, -0.1) is 0 Å². The van der Waals surface area contributed by atoms with Crippen LogP contribution in [0.3, 0.4) is 0 Å². The van der Waals surface area contributed by atoms with Crippen LogP contribution < -0.4 is 10.1 Å². The molecule has 0 radical (unpaired) electrons. The summed E-state index contributed by atoms with van der Waals surface area (Å²) in [5.41, 5.74) is 0.745. The van der Waals surface area contributed by atoms with Crippen LogP contribution >= 0.6 is 11.6 Å². The summed E-state index contributed by atoms with van der Waals surface area (Å²) in [6.07, 6.45) is 0. The minimum Gasteiger partial charge on any atom is -0.489 e. The Morgan fingerprint density at radius 3 is 2.88 bits per heavy atom. The van der Waals surface area contributed by atoms with Gasteiger partial charge in [-0.05, 0) is 18.7 Å². The molecular weight excluding hydrogens is 244 g/mol. The Balaban J connectivity index is 2.65. The molecule has 0 fully saturated rings. The minimum atomic E-state index is -0.536. The van der Waals surface area contributed by atoms with Crippen molar-refractivity contribution in [1.29, 1.82) is 0 Å². The summed E-state index contributed by atoms with van der Waals surface area (Å²) in [6, 6.07) is 4.25. The third kappa shape index (κ3) is 4.05. The van der Waals surface area contributed by atoms with Crippen molar-refractivity contribution in [3.63, 3.8) is 0 Å². The smallest absolute Gasteiger partial charge is 0.288 e. The highest BCUT2D eigenvalue weighted by Gasteiger charge is 2.12. The number of nitro groups is 1. The standard InChI is InChI=1S/C11H13ClN2O3/c1-8(6-13-2)7-17-9-3-4-11(14(15)16)10(12)5-9/h3-5,13H,1,6-7H2,2H3. The lowest BCUT2D eigenvalue weighted by Crippen LogP contribution is -2.14. The molecule has 1 rings (SSSR count). The summed E-state index contributed by atoms with van der Waals surface area (Å²) in [5, 5.41) is 13.5. The number of nitrogens with one attached hydrogen (secondary N) is 1. The van der Waals surface area contributed by atoms with Gasteiger partial charge in [-0.2, -0.15) is 0 Å². The number of hydrogen-bond donors (Lipinski definition) is 1. The van der Waals surface area contributed by atoms with E-state index in [1.165, 1.54) is 18.2 Å². The number of ether oxygens (including phenoxy) is 1. The van der Waals surface area contributed by atoms with Crippen molar-refractivity contribution in [2.75, 3.05) is 20.2 Å². The molecule has 92 valence electrons. The third-order valence-electron chi connectivity index (χ3n) is 1.99. The molecule has 0 aliphatic rings. The highest BCUT2D eigenvalue weighted by atomic mass is 35.5. The lowest BCUT2D eigenvalue weighted by Gasteiger charge is -2.08. The van der Waals surface area contributed by atoms with E-state index in [1.54, 1.807) is 0 Å². The van der Waals surface area contributed by atoms with Gasteiger partial charge in [0.1, 0.15) is 17.4 Å². The van der Waals surface area contributed by atoms with Crippen LogP contribution in [0.2, 0.25) is 5.02 Å². The van der Waals surface area contributed by atoms with Crippen LogP contribution in [0.15, 0.2) is 30.4 Å². The Bertz CT molecular complexity index is 435. The summed E-state index contributed by atoms with van der Waals surface area (Å²) in [6.45, 7) is 4.79. The van der Waals surface area contributed by atoms with E-state index < -0.39 is 4.92 Å². The molecule has 6 heteroatoms. The zero-order valence-electron chi connectivity index (χ0n) is 9.40. The molecule has 0 saturated heterocycles. The SMILES string of the molecule is C=C(CNC)COc1ccc([N+](=O)[O-])c(Cl)c1. The number of nitro benzene ring substituents is 1. The third-order valence-corrected chi connectivity index (χ3v) is 2.29. The van der Waals surface area contributed by atoms with Crippen LogP contribution in [0.4, 0.5) is 5.69 Å². The molecule has 0 unspecified atom stereocenters. The predicted molar refractivity (Wildman–Crippen MR) is 66.7 cm³/mol. The van der Waals surface area contributed by atoms with Gasteiger partial charge in [-0.3, -0.25) is 10.1 Å². The average molecular weight is 257 g/mol. The molecule has 0 aliphatic carbocycles. The first kappa shape index (κ1) is 13.5. The molecule has 0 amide bonds. The maximum absolute atomic E-state index is 10.5. The molecule has 0 saturated carbocycles. The summed E-state index contributed by atoms with van der Waals surface area (Å²) in [7, 11) is 1.81. The summed E-state index contributed by atoms with van der Waals surface area (Å²) in [4.78, 5) is 10.0. The van der Waals surface area contributed by atoms with E-state index >= 15 is 0 Å². The molecule has 1 N–H and O–H groups in total. The maximum Gasteiger partial charge on any atom is 0.288 e. The maximum atomic E-state index is 10.5. The summed E-state index contributed by atoms with van der Waals surface area (Å²) in [5.74, 6) is 0.484. The molecule has 0 heterocycles. The topological polar surface area (TPSA) is 64.4 Å². The van der Waals surface area contributed by atoms with E-state index in [1.807, 2.05) is 7.05 Å². The molecule has 0 spiro atoms. The molecular formula is C11H13ClN2O3. The molecule has 0 atom stereocenters. The number of nitrogens with zero attached hydrogens (tertiary/aromatic N) is 1. The number of benzene rings is 1. The highest BCUT2D eigenvalue weighted by molar-refractivity contribution is 6.32. The second kappa shape index (κ2) is 6.22. The zero-order chi connectivity index (χ0) is 12.8. The normalized spacial score (nSPS) is 10.0. The van der Waals surface area contributed by atoms with Crippen molar-refractivity contribution in [3.8, 4) is 5.75 Å². The molecule has 1 aromatic rings. The van der Waals surface area contributed by atoms with Crippen molar-refractivity contribution in [2.45, 2.75) is 0 Å². The molecule has 17 heavy (non-hydrogen) atoms. The Morgan fingerprint density at radius 2 is 2.35 bits per heavy atom. The molecule has 0 aliphatic heterocycles. The van der Waals surface area contributed by atoms with Crippen molar-refractivity contribution < 1.29 is 9.66 Å². The molecule has 0 bridgehead atoms. The zero-order valence-corrected chi connectivity index (χ0v) is 10.2. The molecule has 1 aromatic carbocycles.